The smallest absolute Gasteiger partial charge is 0.188 e. The monoisotopic (exact) mass is 261 g/mol. The van der Waals surface area contributed by atoms with E-state index >= 15 is 0 Å². The maximum Gasteiger partial charge on any atom is 0.188 e. The molecule has 0 aliphatic carbocycles. The minimum atomic E-state index is 0.0135. The van der Waals surface area contributed by atoms with Crippen molar-refractivity contribution in [2.45, 2.75) is 20.8 Å². The number of benzene rings is 1. The molecular weight excluding hydrogens is 246 g/mol. The van der Waals surface area contributed by atoms with Crippen molar-refractivity contribution in [2.75, 3.05) is 7.11 Å². The highest BCUT2D eigenvalue weighted by molar-refractivity contribution is 7.14. The van der Waals surface area contributed by atoms with Gasteiger partial charge in [-0.3, -0.25) is 4.79 Å². The van der Waals surface area contributed by atoms with Crippen LogP contribution in [0.15, 0.2) is 18.2 Å². The molecule has 1 aromatic carbocycles. The topological polar surface area (TPSA) is 39.2 Å². The second-order valence-corrected chi connectivity index (χ2v) is 5.37. The first-order valence-electron chi connectivity index (χ1n) is 5.66. The fourth-order valence-electron chi connectivity index (χ4n) is 1.84. The van der Waals surface area contributed by atoms with Gasteiger partial charge >= 0.3 is 0 Å². The Morgan fingerprint density at radius 1 is 1.33 bits per heavy atom. The normalized spacial score (nSPS) is 10.4. The summed E-state index contributed by atoms with van der Waals surface area (Å²) in [6.07, 6.45) is 0. The lowest BCUT2D eigenvalue weighted by atomic mass is 10.1. The summed E-state index contributed by atoms with van der Waals surface area (Å²) in [5.74, 6) is 0.873. The van der Waals surface area contributed by atoms with Gasteiger partial charge in [0.1, 0.15) is 5.75 Å². The summed E-state index contributed by atoms with van der Waals surface area (Å²) in [7, 11) is 1.66. The van der Waals surface area contributed by atoms with Gasteiger partial charge in [0.2, 0.25) is 0 Å². The van der Waals surface area contributed by atoms with Gasteiger partial charge in [-0.1, -0.05) is 0 Å². The number of hydrogen-bond donors (Lipinski definition) is 0. The number of hydrogen-bond acceptors (Lipinski definition) is 4. The van der Waals surface area contributed by atoms with Crippen LogP contribution in [0.5, 0.6) is 5.75 Å². The Labute approximate surface area is 110 Å². The summed E-state index contributed by atoms with van der Waals surface area (Å²) in [5, 5.41) is 0.566. The third-order valence-corrected chi connectivity index (χ3v) is 3.84. The Kier molecular flexibility index (Phi) is 3.48. The Bertz CT molecular complexity index is 602. The van der Waals surface area contributed by atoms with Crippen LogP contribution >= 0.6 is 11.3 Å². The molecule has 0 atom stereocenters. The van der Waals surface area contributed by atoms with Gasteiger partial charge in [0.05, 0.1) is 12.8 Å². The summed E-state index contributed by atoms with van der Waals surface area (Å²) in [6.45, 7) is 5.52. The molecule has 4 heteroatoms. The summed E-state index contributed by atoms with van der Waals surface area (Å²) < 4.78 is 5.24. The molecule has 0 N–H and O–H groups in total. The molecule has 2 rings (SSSR count). The van der Waals surface area contributed by atoms with Crippen molar-refractivity contribution in [3.8, 4) is 17.0 Å². The van der Waals surface area contributed by atoms with Crippen LogP contribution < -0.4 is 4.74 Å². The maximum absolute atomic E-state index is 11.3. The zero-order valence-electron chi connectivity index (χ0n) is 10.9. The molecule has 1 aromatic heterocycles. The average molecular weight is 261 g/mol. The molecule has 3 nitrogen and oxygen atoms in total. The van der Waals surface area contributed by atoms with Crippen LogP contribution in [0.3, 0.4) is 0 Å². The van der Waals surface area contributed by atoms with E-state index in [4.69, 9.17) is 4.74 Å². The first-order chi connectivity index (χ1) is 8.52. The van der Waals surface area contributed by atoms with Gasteiger partial charge in [-0.25, -0.2) is 4.98 Å². The van der Waals surface area contributed by atoms with E-state index in [2.05, 4.69) is 4.98 Å². The highest BCUT2D eigenvalue weighted by Crippen LogP contribution is 2.30. The van der Waals surface area contributed by atoms with E-state index in [1.807, 2.05) is 32.0 Å². The zero-order valence-corrected chi connectivity index (χ0v) is 11.7. The van der Waals surface area contributed by atoms with Crippen LogP contribution in [0.4, 0.5) is 0 Å². The summed E-state index contributed by atoms with van der Waals surface area (Å²) in [6, 6.07) is 5.93. The van der Waals surface area contributed by atoms with Crippen molar-refractivity contribution in [1.29, 1.82) is 0 Å². The molecule has 0 spiro atoms. The van der Waals surface area contributed by atoms with Crippen LogP contribution in [0.25, 0.3) is 11.3 Å². The van der Waals surface area contributed by atoms with E-state index in [1.165, 1.54) is 11.3 Å². The van der Waals surface area contributed by atoms with E-state index in [0.717, 1.165) is 27.4 Å². The first kappa shape index (κ1) is 12.8. The molecule has 0 fully saturated rings. The third-order valence-electron chi connectivity index (χ3n) is 2.77. The van der Waals surface area contributed by atoms with E-state index in [-0.39, 0.29) is 5.78 Å². The molecule has 0 amide bonds. The standard InChI is InChI=1S/C14H15NO2S/c1-8-7-11(5-6-12(8)17-4)13-10(3)18-14(15-13)9(2)16/h5-7H,1-4H3. The summed E-state index contributed by atoms with van der Waals surface area (Å²) in [5.41, 5.74) is 2.97. The molecule has 0 radical (unpaired) electrons. The molecule has 18 heavy (non-hydrogen) atoms. The predicted octanol–water partition coefficient (Wildman–Crippen LogP) is 3.64. The molecular formula is C14H15NO2S. The number of nitrogens with zero attached hydrogens (tertiary/aromatic N) is 1. The minimum absolute atomic E-state index is 0.0135. The number of aromatic nitrogens is 1. The van der Waals surface area contributed by atoms with E-state index in [1.54, 1.807) is 14.0 Å². The number of thiazole rings is 1. The molecule has 0 bridgehead atoms. The van der Waals surface area contributed by atoms with Crippen LogP contribution in [0, 0.1) is 13.8 Å². The SMILES string of the molecule is COc1ccc(-c2nc(C(C)=O)sc2C)cc1C. The predicted molar refractivity (Wildman–Crippen MR) is 73.6 cm³/mol. The van der Waals surface area contributed by atoms with Gasteiger partial charge in [0.25, 0.3) is 0 Å². The highest BCUT2D eigenvalue weighted by atomic mass is 32.1. The van der Waals surface area contributed by atoms with Crippen molar-refractivity contribution in [3.63, 3.8) is 0 Å². The molecule has 0 saturated carbocycles. The van der Waals surface area contributed by atoms with E-state index in [9.17, 15) is 4.79 Å². The molecule has 0 aliphatic heterocycles. The van der Waals surface area contributed by atoms with E-state index < -0.39 is 0 Å². The maximum atomic E-state index is 11.3. The van der Waals surface area contributed by atoms with Gasteiger partial charge in [-0.05, 0) is 37.6 Å². The number of aryl methyl sites for hydroxylation is 2. The first-order valence-corrected chi connectivity index (χ1v) is 6.48. The highest BCUT2D eigenvalue weighted by Gasteiger charge is 2.13. The van der Waals surface area contributed by atoms with Crippen molar-refractivity contribution in [2.24, 2.45) is 0 Å². The second kappa shape index (κ2) is 4.90. The van der Waals surface area contributed by atoms with Crippen LogP contribution in [-0.2, 0) is 0 Å². The fourth-order valence-corrected chi connectivity index (χ4v) is 2.67. The number of methoxy groups -OCH3 is 1. The Morgan fingerprint density at radius 2 is 2.06 bits per heavy atom. The van der Waals surface area contributed by atoms with Gasteiger partial charge in [-0.2, -0.15) is 0 Å². The van der Waals surface area contributed by atoms with Gasteiger partial charge in [0, 0.05) is 17.4 Å². The Morgan fingerprint density at radius 3 is 2.56 bits per heavy atom. The average Bonchev–Trinajstić information content (AvgIpc) is 2.71. The van der Waals surface area contributed by atoms with Gasteiger partial charge < -0.3 is 4.74 Å². The van der Waals surface area contributed by atoms with Gasteiger partial charge in [-0.15, -0.1) is 11.3 Å². The molecule has 1 heterocycles. The summed E-state index contributed by atoms with van der Waals surface area (Å²) >= 11 is 1.44. The lowest BCUT2D eigenvalue weighted by Gasteiger charge is -2.06. The van der Waals surface area contributed by atoms with Crippen LogP contribution in [0.1, 0.15) is 27.2 Å². The van der Waals surface area contributed by atoms with E-state index in [0.29, 0.717) is 5.01 Å². The van der Waals surface area contributed by atoms with Crippen molar-refractivity contribution in [3.05, 3.63) is 33.6 Å². The van der Waals surface area contributed by atoms with Crippen LogP contribution in [0.2, 0.25) is 0 Å². The van der Waals surface area contributed by atoms with Crippen molar-refractivity contribution >= 4 is 17.1 Å². The zero-order chi connectivity index (χ0) is 13.3. The van der Waals surface area contributed by atoms with Gasteiger partial charge in [0.15, 0.2) is 10.8 Å². The fraction of sp³-hybridized carbons (Fsp3) is 0.286. The summed E-state index contributed by atoms with van der Waals surface area (Å²) in [4.78, 5) is 16.8. The molecule has 0 saturated heterocycles. The molecule has 94 valence electrons. The number of rotatable bonds is 3. The third kappa shape index (κ3) is 2.29. The van der Waals surface area contributed by atoms with Crippen LogP contribution in [-0.4, -0.2) is 17.9 Å². The number of ketones is 1. The number of ether oxygens (including phenoxy) is 1. The Hall–Kier alpha value is -1.68. The quantitative estimate of drug-likeness (QED) is 0.792. The lowest BCUT2D eigenvalue weighted by molar-refractivity contribution is 0.101. The molecule has 0 unspecified atom stereocenters. The Balaban J connectivity index is 2.48. The minimum Gasteiger partial charge on any atom is -0.496 e. The number of Topliss-reactive ketones (excluding diaryl/α,β-unsaturated/α-hetero) is 1. The lowest BCUT2D eigenvalue weighted by Crippen LogP contribution is -1.91. The molecule has 0 aliphatic rings. The molecule has 2 aromatic rings. The number of carbonyl (C=O) groups is 1. The number of carbonyl (C=O) groups excluding carboxylic acids is 1. The van der Waals surface area contributed by atoms with Crippen molar-refractivity contribution in [1.82, 2.24) is 4.98 Å². The second-order valence-electron chi connectivity index (χ2n) is 4.16. The largest absolute Gasteiger partial charge is 0.496 e. The van der Waals surface area contributed by atoms with Crippen molar-refractivity contribution < 1.29 is 9.53 Å².